The van der Waals surface area contributed by atoms with Gasteiger partial charge in [0.2, 0.25) is 0 Å². The van der Waals surface area contributed by atoms with Crippen molar-refractivity contribution in [2.24, 2.45) is 0 Å². The van der Waals surface area contributed by atoms with Crippen LogP contribution in [0.2, 0.25) is 10.0 Å². The molecule has 1 saturated heterocycles. The van der Waals surface area contributed by atoms with Crippen LogP contribution in [0.3, 0.4) is 0 Å². The second-order valence-corrected chi connectivity index (χ2v) is 7.76. The number of halogens is 3. The molecule has 0 aromatic heterocycles. The van der Waals surface area contributed by atoms with E-state index in [0.717, 1.165) is 12.1 Å². The van der Waals surface area contributed by atoms with Gasteiger partial charge >= 0.3 is 0 Å². The normalized spacial score (nSPS) is 20.9. The summed E-state index contributed by atoms with van der Waals surface area (Å²) in [7, 11) is -1.62. The van der Waals surface area contributed by atoms with Crippen LogP contribution >= 0.6 is 23.2 Å². The lowest BCUT2D eigenvalue weighted by molar-refractivity contribution is 0.0747. The molecule has 0 bridgehead atoms. The van der Waals surface area contributed by atoms with Gasteiger partial charge in [0.25, 0.3) is 5.91 Å². The van der Waals surface area contributed by atoms with Crippen molar-refractivity contribution in [1.82, 2.24) is 4.90 Å². The standard InChI is InChI=1S/C12H12Cl2FNO3S/c1-16(7-2-3-20(18,19)6-7)12(17)8-4-11(15)10(14)5-9(8)13/h4-5,7H,2-3,6H2,1H3. The number of benzene rings is 1. The van der Waals surface area contributed by atoms with Gasteiger partial charge in [-0.3, -0.25) is 4.79 Å². The van der Waals surface area contributed by atoms with Crippen molar-refractivity contribution in [2.75, 3.05) is 18.6 Å². The number of sulfone groups is 1. The van der Waals surface area contributed by atoms with E-state index >= 15 is 0 Å². The zero-order valence-corrected chi connectivity index (χ0v) is 12.9. The molecule has 1 heterocycles. The number of nitrogens with zero attached hydrogens (tertiary/aromatic N) is 1. The Hall–Kier alpha value is -0.850. The number of hydrogen-bond acceptors (Lipinski definition) is 3. The van der Waals surface area contributed by atoms with Crippen molar-refractivity contribution < 1.29 is 17.6 Å². The molecule has 0 radical (unpaired) electrons. The van der Waals surface area contributed by atoms with Crippen molar-refractivity contribution in [3.8, 4) is 0 Å². The van der Waals surface area contributed by atoms with Crippen molar-refractivity contribution >= 4 is 38.9 Å². The van der Waals surface area contributed by atoms with Crippen LogP contribution in [0.1, 0.15) is 16.8 Å². The van der Waals surface area contributed by atoms with Gasteiger partial charge in [-0.15, -0.1) is 0 Å². The Morgan fingerprint density at radius 1 is 1.35 bits per heavy atom. The average Bonchev–Trinajstić information content (AvgIpc) is 2.72. The first-order chi connectivity index (χ1) is 9.21. The van der Waals surface area contributed by atoms with Gasteiger partial charge in [-0.05, 0) is 18.6 Å². The summed E-state index contributed by atoms with van der Waals surface area (Å²) in [6.45, 7) is 0. The predicted octanol–water partition coefficient (Wildman–Crippen LogP) is 2.39. The maximum atomic E-state index is 13.4. The summed E-state index contributed by atoms with van der Waals surface area (Å²) in [5.41, 5.74) is -0.0274. The Kier molecular flexibility index (Phi) is 4.27. The molecule has 8 heteroatoms. The van der Waals surface area contributed by atoms with Crippen LogP contribution < -0.4 is 0 Å². The van der Waals surface area contributed by atoms with Gasteiger partial charge in [0.15, 0.2) is 9.84 Å². The Balaban J connectivity index is 2.26. The van der Waals surface area contributed by atoms with Crippen LogP contribution in [-0.2, 0) is 9.84 Å². The monoisotopic (exact) mass is 339 g/mol. The summed E-state index contributed by atoms with van der Waals surface area (Å²) in [6.07, 6.45) is 0.373. The molecule has 0 aliphatic carbocycles. The van der Waals surface area contributed by atoms with Crippen molar-refractivity contribution in [3.63, 3.8) is 0 Å². The lowest BCUT2D eigenvalue weighted by Gasteiger charge is -2.24. The Bertz CT molecular complexity index is 663. The molecular weight excluding hydrogens is 328 g/mol. The summed E-state index contributed by atoms with van der Waals surface area (Å²) in [4.78, 5) is 13.6. The van der Waals surface area contributed by atoms with E-state index in [4.69, 9.17) is 23.2 Å². The predicted molar refractivity (Wildman–Crippen MR) is 75.6 cm³/mol. The van der Waals surface area contributed by atoms with E-state index in [1.807, 2.05) is 0 Å². The molecule has 1 aromatic rings. The number of amides is 1. The molecule has 1 unspecified atom stereocenters. The Morgan fingerprint density at radius 2 is 2.00 bits per heavy atom. The molecule has 1 fully saturated rings. The minimum atomic E-state index is -3.10. The van der Waals surface area contributed by atoms with E-state index in [1.54, 1.807) is 0 Å². The van der Waals surface area contributed by atoms with E-state index in [2.05, 4.69) is 0 Å². The van der Waals surface area contributed by atoms with Gasteiger partial charge in [-0.1, -0.05) is 23.2 Å². The lowest BCUT2D eigenvalue weighted by atomic mass is 10.1. The van der Waals surface area contributed by atoms with Crippen LogP contribution in [0.4, 0.5) is 4.39 Å². The molecule has 1 aliphatic rings. The molecule has 1 aliphatic heterocycles. The minimum Gasteiger partial charge on any atom is -0.338 e. The molecule has 20 heavy (non-hydrogen) atoms. The topological polar surface area (TPSA) is 54.5 Å². The average molecular weight is 340 g/mol. The van der Waals surface area contributed by atoms with Crippen LogP contribution in [0.25, 0.3) is 0 Å². The van der Waals surface area contributed by atoms with E-state index in [-0.39, 0.29) is 27.1 Å². The third kappa shape index (κ3) is 3.07. The Morgan fingerprint density at radius 3 is 2.55 bits per heavy atom. The zero-order valence-electron chi connectivity index (χ0n) is 10.6. The SMILES string of the molecule is CN(C(=O)c1cc(F)c(Cl)cc1Cl)C1CCS(=O)(=O)C1. The quantitative estimate of drug-likeness (QED) is 0.777. The van der Waals surface area contributed by atoms with Crippen molar-refractivity contribution in [3.05, 3.63) is 33.6 Å². The van der Waals surface area contributed by atoms with Gasteiger partial charge in [0.05, 0.1) is 27.1 Å². The van der Waals surface area contributed by atoms with Gasteiger partial charge in [0, 0.05) is 13.1 Å². The molecule has 4 nitrogen and oxygen atoms in total. The van der Waals surface area contributed by atoms with E-state index < -0.39 is 27.6 Å². The third-order valence-corrected chi connectivity index (χ3v) is 5.67. The summed E-state index contributed by atoms with van der Waals surface area (Å²) < 4.78 is 36.3. The molecule has 1 amide bonds. The van der Waals surface area contributed by atoms with Gasteiger partial charge < -0.3 is 4.90 Å². The fourth-order valence-corrected chi connectivity index (χ4v) is 4.36. The number of rotatable bonds is 2. The molecule has 0 spiro atoms. The fraction of sp³-hybridized carbons (Fsp3) is 0.417. The van der Waals surface area contributed by atoms with Crippen LogP contribution in [0, 0.1) is 5.82 Å². The van der Waals surface area contributed by atoms with Crippen molar-refractivity contribution in [2.45, 2.75) is 12.5 Å². The summed E-state index contributed by atoms with van der Waals surface area (Å²) in [6, 6.07) is 1.71. The highest BCUT2D eigenvalue weighted by molar-refractivity contribution is 7.91. The molecular formula is C12H12Cl2FNO3S. The van der Waals surface area contributed by atoms with Crippen LogP contribution in [-0.4, -0.2) is 43.8 Å². The van der Waals surface area contributed by atoms with Crippen LogP contribution in [0.15, 0.2) is 12.1 Å². The first kappa shape index (κ1) is 15.5. The highest BCUT2D eigenvalue weighted by atomic mass is 35.5. The molecule has 2 rings (SSSR count). The third-order valence-electron chi connectivity index (χ3n) is 3.32. The molecule has 1 aromatic carbocycles. The van der Waals surface area contributed by atoms with E-state index in [1.165, 1.54) is 11.9 Å². The lowest BCUT2D eigenvalue weighted by Crippen LogP contribution is -2.38. The maximum Gasteiger partial charge on any atom is 0.255 e. The minimum absolute atomic E-state index is 0.0274. The Labute approximate surface area is 126 Å². The molecule has 0 N–H and O–H groups in total. The second kappa shape index (κ2) is 5.50. The largest absolute Gasteiger partial charge is 0.338 e. The second-order valence-electron chi connectivity index (χ2n) is 4.72. The smallest absolute Gasteiger partial charge is 0.255 e. The van der Waals surface area contributed by atoms with E-state index in [0.29, 0.717) is 6.42 Å². The molecule has 110 valence electrons. The van der Waals surface area contributed by atoms with Crippen molar-refractivity contribution in [1.29, 1.82) is 0 Å². The zero-order chi connectivity index (χ0) is 15.1. The van der Waals surface area contributed by atoms with Crippen LogP contribution in [0.5, 0.6) is 0 Å². The fourth-order valence-electron chi connectivity index (χ4n) is 2.12. The summed E-state index contributed by atoms with van der Waals surface area (Å²) >= 11 is 11.5. The number of carbonyl (C=O) groups excluding carboxylic acids is 1. The van der Waals surface area contributed by atoms with Gasteiger partial charge in [-0.25, -0.2) is 12.8 Å². The highest BCUT2D eigenvalue weighted by Gasteiger charge is 2.33. The molecule has 0 saturated carbocycles. The first-order valence-electron chi connectivity index (χ1n) is 5.83. The maximum absolute atomic E-state index is 13.4. The number of hydrogen-bond donors (Lipinski definition) is 0. The first-order valence-corrected chi connectivity index (χ1v) is 8.41. The van der Waals surface area contributed by atoms with E-state index in [9.17, 15) is 17.6 Å². The summed E-state index contributed by atoms with van der Waals surface area (Å²) in [5.74, 6) is -1.29. The van der Waals surface area contributed by atoms with Gasteiger partial charge in [0.1, 0.15) is 5.82 Å². The number of carbonyl (C=O) groups is 1. The molecule has 1 atom stereocenters. The highest BCUT2D eigenvalue weighted by Crippen LogP contribution is 2.26. The van der Waals surface area contributed by atoms with Gasteiger partial charge in [-0.2, -0.15) is 0 Å². The summed E-state index contributed by atoms with van der Waals surface area (Å²) in [5, 5.41) is -0.133.